The fourth-order valence-corrected chi connectivity index (χ4v) is 5.13. The van der Waals surface area contributed by atoms with Gasteiger partial charge < -0.3 is 19.1 Å². The summed E-state index contributed by atoms with van der Waals surface area (Å²) in [4.78, 5) is 23.1. The number of likely N-dealkylation sites (N-methyl/N-ethyl adjacent to an activating group) is 1. The van der Waals surface area contributed by atoms with E-state index in [9.17, 15) is 14.7 Å². The van der Waals surface area contributed by atoms with Crippen LogP contribution in [0.15, 0.2) is 0 Å². The third kappa shape index (κ3) is 27.7. The van der Waals surface area contributed by atoms with Crippen molar-refractivity contribution in [1.82, 2.24) is 0 Å². The first-order valence-corrected chi connectivity index (χ1v) is 15.8. The molecule has 0 aliphatic heterocycles. The maximum atomic E-state index is 12.1. The maximum Gasteiger partial charge on any atom is 0.306 e. The molecule has 0 radical (unpaired) electrons. The van der Waals surface area contributed by atoms with Crippen LogP contribution in [-0.4, -0.2) is 50.2 Å². The van der Waals surface area contributed by atoms with Crippen molar-refractivity contribution in [1.29, 1.82) is 0 Å². The van der Waals surface area contributed by atoms with E-state index in [0.717, 1.165) is 25.2 Å². The van der Waals surface area contributed by atoms with E-state index < -0.39 is 12.1 Å². The monoisotopic (exact) mass is 525 g/mol. The number of unbranched alkanes of at least 4 members (excludes halogenated alkanes) is 16. The molecule has 0 aromatic carbocycles. The van der Waals surface area contributed by atoms with Crippen molar-refractivity contribution in [2.24, 2.45) is 5.92 Å². The molecule has 0 amide bonds. The number of quaternary nitrogens is 1. The molecule has 0 aliphatic rings. The van der Waals surface area contributed by atoms with Crippen LogP contribution >= 0.6 is 0 Å². The number of carbonyl (C=O) groups excluding carboxylic acids is 2. The second-order valence-electron chi connectivity index (χ2n) is 12.6. The lowest BCUT2D eigenvalue weighted by Gasteiger charge is -2.29. The molecule has 0 fully saturated rings. The van der Waals surface area contributed by atoms with Crippen LogP contribution in [0, 0.1) is 5.92 Å². The molecule has 5 heteroatoms. The Morgan fingerprint density at radius 2 is 1.08 bits per heavy atom. The summed E-state index contributed by atoms with van der Waals surface area (Å²) in [7, 11) is 5.86. The molecule has 2 unspecified atom stereocenters. The molecule has 0 saturated carbocycles. The summed E-state index contributed by atoms with van der Waals surface area (Å²) in [5.74, 6) is -0.612. The molecule has 0 saturated heterocycles. The Bertz CT molecular complexity index is 543. The number of carboxylic acid groups (broad SMARTS) is 1. The first-order valence-electron chi connectivity index (χ1n) is 15.8. The Kier molecular flexibility index (Phi) is 23.3. The average molecular weight is 526 g/mol. The minimum atomic E-state index is -1.17. The summed E-state index contributed by atoms with van der Waals surface area (Å²) >= 11 is 0. The standard InChI is InChI=1S/C32H63NO4/c1-6-7-8-9-10-11-12-13-14-15-18-21-24-29(2)25-22-19-16-17-20-23-26-32(36)37-30(27-31(34)35)28-33(3,4)5/h29-30H,6-28H2,1-5H3. The van der Waals surface area contributed by atoms with Crippen LogP contribution in [0.5, 0.6) is 0 Å². The zero-order valence-electron chi connectivity index (χ0n) is 25.5. The van der Waals surface area contributed by atoms with E-state index in [1.54, 1.807) is 0 Å². The maximum absolute atomic E-state index is 12.1. The number of aliphatic carboxylic acids is 1. The molecule has 37 heavy (non-hydrogen) atoms. The highest BCUT2D eigenvalue weighted by Crippen LogP contribution is 2.19. The second kappa shape index (κ2) is 24.0. The molecule has 2 atom stereocenters. The van der Waals surface area contributed by atoms with Gasteiger partial charge in [0, 0.05) is 18.8 Å². The van der Waals surface area contributed by atoms with Gasteiger partial charge in [0.1, 0.15) is 6.54 Å². The van der Waals surface area contributed by atoms with Crippen molar-refractivity contribution in [3.8, 4) is 0 Å². The number of carbonyl (C=O) groups is 2. The third-order valence-corrected chi connectivity index (χ3v) is 7.32. The number of rotatable bonds is 27. The predicted octanol–water partition coefficient (Wildman–Crippen LogP) is 7.59. The molecule has 0 heterocycles. The Hall–Kier alpha value is -1.10. The molecule has 0 aliphatic carbocycles. The first kappa shape index (κ1) is 35.9. The number of ether oxygens (including phenoxy) is 1. The van der Waals surface area contributed by atoms with Crippen molar-refractivity contribution in [3.63, 3.8) is 0 Å². The Morgan fingerprint density at radius 1 is 0.676 bits per heavy atom. The normalized spacial score (nSPS) is 13.4. The summed E-state index contributed by atoms with van der Waals surface area (Å²) in [5, 5.41) is 10.9. The van der Waals surface area contributed by atoms with Crippen molar-refractivity contribution in [3.05, 3.63) is 0 Å². The van der Waals surface area contributed by atoms with Crippen LogP contribution in [0.25, 0.3) is 0 Å². The highest BCUT2D eigenvalue weighted by atomic mass is 16.5. The van der Waals surface area contributed by atoms with Gasteiger partial charge in [-0.2, -0.15) is 0 Å². The van der Waals surface area contributed by atoms with E-state index in [0.29, 0.717) is 17.4 Å². The lowest BCUT2D eigenvalue weighted by atomic mass is 9.95. The predicted molar refractivity (Wildman–Crippen MR) is 154 cm³/mol. The molecule has 0 N–H and O–H groups in total. The lowest BCUT2D eigenvalue weighted by Crippen LogP contribution is -2.45. The molecule has 0 spiro atoms. The number of hydrogen-bond acceptors (Lipinski definition) is 4. The van der Waals surface area contributed by atoms with Crippen molar-refractivity contribution >= 4 is 11.9 Å². The zero-order valence-corrected chi connectivity index (χ0v) is 25.5. The summed E-state index contributed by atoms with van der Waals surface area (Å²) in [6.07, 6.45) is 26.1. The minimum absolute atomic E-state index is 0.237. The van der Waals surface area contributed by atoms with E-state index in [2.05, 4.69) is 13.8 Å². The van der Waals surface area contributed by atoms with Crippen molar-refractivity contribution in [2.75, 3.05) is 27.7 Å². The van der Waals surface area contributed by atoms with Gasteiger partial charge in [-0.05, 0) is 12.3 Å². The Balaban J connectivity index is 3.54. The van der Waals surface area contributed by atoms with Crippen LogP contribution in [0.3, 0.4) is 0 Å². The fourth-order valence-electron chi connectivity index (χ4n) is 5.13. The van der Waals surface area contributed by atoms with Crippen molar-refractivity contribution < 1.29 is 23.9 Å². The fraction of sp³-hybridized carbons (Fsp3) is 0.938. The van der Waals surface area contributed by atoms with Gasteiger partial charge in [-0.1, -0.05) is 136 Å². The summed E-state index contributed by atoms with van der Waals surface area (Å²) in [6.45, 7) is 5.17. The minimum Gasteiger partial charge on any atom is -0.550 e. The molecular formula is C32H63NO4. The smallest absolute Gasteiger partial charge is 0.306 e. The van der Waals surface area contributed by atoms with Crippen molar-refractivity contribution in [2.45, 2.75) is 161 Å². The van der Waals surface area contributed by atoms with Gasteiger partial charge in [-0.25, -0.2) is 0 Å². The molecule has 0 aromatic rings. The number of hydrogen-bond donors (Lipinski definition) is 0. The van der Waals surface area contributed by atoms with Gasteiger partial charge in [-0.3, -0.25) is 4.79 Å². The van der Waals surface area contributed by atoms with E-state index in [1.165, 1.54) is 109 Å². The molecular weight excluding hydrogens is 462 g/mol. The Morgan fingerprint density at radius 3 is 1.49 bits per heavy atom. The first-order chi connectivity index (χ1) is 17.6. The second-order valence-corrected chi connectivity index (χ2v) is 12.6. The van der Waals surface area contributed by atoms with Crippen LogP contribution in [0.4, 0.5) is 0 Å². The summed E-state index contributed by atoms with van der Waals surface area (Å²) in [5.41, 5.74) is 0. The molecule has 5 nitrogen and oxygen atoms in total. The number of nitrogens with zero attached hydrogens (tertiary/aromatic N) is 1. The lowest BCUT2D eigenvalue weighted by molar-refractivity contribution is -0.873. The van der Waals surface area contributed by atoms with Gasteiger partial charge in [0.25, 0.3) is 0 Å². The average Bonchev–Trinajstić information content (AvgIpc) is 2.79. The highest BCUT2D eigenvalue weighted by molar-refractivity contribution is 5.70. The van der Waals surface area contributed by atoms with Crippen LogP contribution < -0.4 is 5.11 Å². The Labute approximate surface area is 230 Å². The summed E-state index contributed by atoms with van der Waals surface area (Å²) < 4.78 is 5.96. The van der Waals surface area contributed by atoms with E-state index in [-0.39, 0.29) is 12.4 Å². The van der Waals surface area contributed by atoms with E-state index in [1.807, 2.05) is 21.1 Å². The quantitative estimate of drug-likeness (QED) is 0.0629. The molecule has 0 aromatic heterocycles. The topological polar surface area (TPSA) is 66.4 Å². The van der Waals surface area contributed by atoms with Crippen LogP contribution in [-0.2, 0) is 14.3 Å². The molecule has 0 rings (SSSR count). The van der Waals surface area contributed by atoms with Gasteiger partial charge in [-0.15, -0.1) is 0 Å². The summed E-state index contributed by atoms with van der Waals surface area (Å²) in [6, 6.07) is 0. The van der Waals surface area contributed by atoms with E-state index >= 15 is 0 Å². The van der Waals surface area contributed by atoms with Gasteiger partial charge in [0.05, 0.1) is 21.1 Å². The largest absolute Gasteiger partial charge is 0.550 e. The van der Waals surface area contributed by atoms with Crippen LogP contribution in [0.1, 0.15) is 155 Å². The van der Waals surface area contributed by atoms with E-state index in [4.69, 9.17) is 4.74 Å². The third-order valence-electron chi connectivity index (χ3n) is 7.32. The highest BCUT2D eigenvalue weighted by Gasteiger charge is 2.22. The van der Waals surface area contributed by atoms with Gasteiger partial charge in [0.15, 0.2) is 6.10 Å². The van der Waals surface area contributed by atoms with Crippen LogP contribution in [0.2, 0.25) is 0 Å². The van der Waals surface area contributed by atoms with Gasteiger partial charge >= 0.3 is 5.97 Å². The number of esters is 1. The molecule has 220 valence electrons. The molecule has 0 bridgehead atoms. The SMILES string of the molecule is CCCCCCCCCCCCCCC(C)CCCCCCCCC(=O)OC(CC(=O)[O-])C[N+](C)(C)C. The number of carboxylic acids is 1. The van der Waals surface area contributed by atoms with Gasteiger partial charge in [0.2, 0.25) is 0 Å². The zero-order chi connectivity index (χ0) is 27.8.